The van der Waals surface area contributed by atoms with Crippen LogP contribution in [-0.4, -0.2) is 32.7 Å². The molecular formula is C15H25NO3. The summed E-state index contributed by atoms with van der Waals surface area (Å²) >= 11 is 0. The summed E-state index contributed by atoms with van der Waals surface area (Å²) in [4.78, 5) is 1.57. The summed E-state index contributed by atoms with van der Waals surface area (Å²) in [5.74, 6) is 0.346. The van der Waals surface area contributed by atoms with Crippen LogP contribution in [-0.2, 0) is 19.4 Å². The average molecular weight is 267 g/mol. The summed E-state index contributed by atoms with van der Waals surface area (Å²) in [6.07, 6.45) is 0.0355. The Kier molecular flexibility index (Phi) is 5.79. The first-order valence-corrected chi connectivity index (χ1v) is 6.86. The van der Waals surface area contributed by atoms with Crippen LogP contribution in [0.1, 0.15) is 44.4 Å². The second kappa shape index (κ2) is 6.89. The van der Waals surface area contributed by atoms with Crippen molar-refractivity contribution in [2.24, 2.45) is 0 Å². The van der Waals surface area contributed by atoms with Crippen LogP contribution in [0.2, 0.25) is 0 Å². The molecule has 0 aliphatic carbocycles. The van der Waals surface area contributed by atoms with E-state index in [2.05, 4.69) is 0 Å². The molecule has 0 bridgehead atoms. The molecule has 19 heavy (non-hydrogen) atoms. The van der Waals surface area contributed by atoms with Crippen molar-refractivity contribution in [1.82, 2.24) is 4.90 Å². The first-order chi connectivity index (χ1) is 8.92. The summed E-state index contributed by atoms with van der Waals surface area (Å²) < 4.78 is 0. The number of aliphatic hydroxyl groups is 2. The zero-order valence-electron chi connectivity index (χ0n) is 12.2. The second-order valence-electron chi connectivity index (χ2n) is 4.85. The number of aromatic hydroxyl groups is 1. The van der Waals surface area contributed by atoms with Crippen LogP contribution in [0.15, 0.2) is 12.1 Å². The van der Waals surface area contributed by atoms with Gasteiger partial charge in [-0.3, -0.25) is 0 Å². The maximum atomic E-state index is 10.2. The van der Waals surface area contributed by atoms with Gasteiger partial charge in [-0.2, -0.15) is 0 Å². The lowest BCUT2D eigenvalue weighted by atomic mass is 9.98. The van der Waals surface area contributed by atoms with Gasteiger partial charge in [0.05, 0.1) is 0 Å². The molecule has 2 unspecified atom stereocenters. The van der Waals surface area contributed by atoms with Gasteiger partial charge in [0.25, 0.3) is 0 Å². The quantitative estimate of drug-likeness (QED) is 0.690. The Morgan fingerprint density at radius 3 is 1.95 bits per heavy atom. The molecule has 0 spiro atoms. The lowest BCUT2D eigenvalue weighted by Crippen LogP contribution is -2.39. The van der Waals surface area contributed by atoms with Gasteiger partial charge in [-0.15, -0.1) is 0 Å². The molecule has 4 heteroatoms. The van der Waals surface area contributed by atoms with Crippen molar-refractivity contribution in [1.29, 1.82) is 0 Å². The Morgan fingerprint density at radius 1 is 1.00 bits per heavy atom. The van der Waals surface area contributed by atoms with Crippen LogP contribution < -0.4 is 0 Å². The number of aryl methyl sites for hydroxylation is 1. The van der Waals surface area contributed by atoms with Crippen molar-refractivity contribution in [3.63, 3.8) is 0 Å². The Bertz CT molecular complexity index is 408. The largest absolute Gasteiger partial charge is 0.507 e. The van der Waals surface area contributed by atoms with E-state index in [-0.39, 0.29) is 0 Å². The molecule has 0 aliphatic rings. The highest BCUT2D eigenvalue weighted by Gasteiger charge is 2.19. The predicted octanol–water partition coefficient (Wildman–Crippen LogP) is 2.00. The molecular weight excluding hydrogens is 242 g/mol. The fourth-order valence-corrected chi connectivity index (χ4v) is 2.33. The van der Waals surface area contributed by atoms with Crippen molar-refractivity contribution in [3.8, 4) is 5.75 Å². The van der Waals surface area contributed by atoms with E-state index in [1.165, 1.54) is 0 Å². The van der Waals surface area contributed by atoms with Crippen LogP contribution in [0, 0.1) is 0 Å². The number of hydrogen-bond donors (Lipinski definition) is 3. The Balaban J connectivity index is 3.10. The van der Waals surface area contributed by atoms with Crippen LogP contribution in [0.4, 0.5) is 0 Å². The van der Waals surface area contributed by atoms with Crippen molar-refractivity contribution in [2.75, 3.05) is 0 Å². The summed E-state index contributed by atoms with van der Waals surface area (Å²) in [6, 6.07) is 3.88. The lowest BCUT2D eigenvalue weighted by molar-refractivity contribution is -0.0898. The smallest absolute Gasteiger partial charge is 0.122 e. The lowest BCUT2D eigenvalue weighted by Gasteiger charge is -2.29. The van der Waals surface area contributed by atoms with Gasteiger partial charge in [0, 0.05) is 6.54 Å². The van der Waals surface area contributed by atoms with Gasteiger partial charge in [-0.05, 0) is 43.4 Å². The molecule has 1 aromatic rings. The second-order valence-corrected chi connectivity index (χ2v) is 4.85. The SMILES string of the molecule is CCc1ccc(CN(C(C)O)C(C)O)c(CC)c1O. The minimum Gasteiger partial charge on any atom is -0.507 e. The average Bonchev–Trinajstić information content (AvgIpc) is 2.35. The maximum Gasteiger partial charge on any atom is 0.122 e. The van der Waals surface area contributed by atoms with E-state index in [0.717, 1.165) is 29.5 Å². The maximum absolute atomic E-state index is 10.2. The molecule has 0 radical (unpaired) electrons. The molecule has 1 rings (SSSR count). The molecule has 0 saturated carbocycles. The zero-order valence-corrected chi connectivity index (χ0v) is 12.2. The van der Waals surface area contributed by atoms with Crippen LogP contribution in [0.5, 0.6) is 5.75 Å². The third kappa shape index (κ3) is 3.69. The molecule has 108 valence electrons. The van der Waals surface area contributed by atoms with E-state index < -0.39 is 12.5 Å². The molecule has 1 aromatic carbocycles. The molecule has 0 aromatic heterocycles. The number of phenols is 1. The molecule has 4 nitrogen and oxygen atoms in total. The summed E-state index contributed by atoms with van der Waals surface area (Å²) in [5.41, 5.74) is 2.77. The third-order valence-corrected chi connectivity index (χ3v) is 3.51. The van der Waals surface area contributed by atoms with E-state index in [9.17, 15) is 15.3 Å². The Morgan fingerprint density at radius 2 is 1.53 bits per heavy atom. The summed E-state index contributed by atoms with van der Waals surface area (Å²) in [7, 11) is 0. The fraction of sp³-hybridized carbons (Fsp3) is 0.600. The number of hydrogen-bond acceptors (Lipinski definition) is 4. The highest BCUT2D eigenvalue weighted by atomic mass is 16.3. The van der Waals surface area contributed by atoms with Crippen molar-refractivity contribution >= 4 is 0 Å². The molecule has 0 heterocycles. The minimum absolute atomic E-state index is 0.346. The monoisotopic (exact) mass is 267 g/mol. The van der Waals surface area contributed by atoms with Crippen molar-refractivity contribution < 1.29 is 15.3 Å². The van der Waals surface area contributed by atoms with E-state index in [1.807, 2.05) is 26.0 Å². The van der Waals surface area contributed by atoms with Crippen LogP contribution in [0.3, 0.4) is 0 Å². The number of nitrogens with zero attached hydrogens (tertiary/aromatic N) is 1. The predicted molar refractivity (Wildman–Crippen MR) is 75.8 cm³/mol. The molecule has 3 N–H and O–H groups in total. The van der Waals surface area contributed by atoms with Gasteiger partial charge in [0.15, 0.2) is 0 Å². The third-order valence-electron chi connectivity index (χ3n) is 3.51. The van der Waals surface area contributed by atoms with Crippen LogP contribution >= 0.6 is 0 Å². The number of phenolic OH excluding ortho intramolecular Hbond substituents is 1. The fourth-order valence-electron chi connectivity index (χ4n) is 2.33. The highest BCUT2D eigenvalue weighted by Crippen LogP contribution is 2.28. The van der Waals surface area contributed by atoms with E-state index in [4.69, 9.17) is 0 Å². The molecule has 2 atom stereocenters. The molecule has 0 saturated heterocycles. The summed E-state index contributed by atoms with van der Waals surface area (Å²) in [6.45, 7) is 7.66. The standard InChI is InChI=1S/C15H25NO3/c1-5-12-7-8-13(14(6-2)15(12)19)9-16(10(3)17)11(4)18/h7-8,10-11,17-19H,5-6,9H2,1-4H3. The Hall–Kier alpha value is -1.10. The van der Waals surface area contributed by atoms with Gasteiger partial charge in [0.2, 0.25) is 0 Å². The highest BCUT2D eigenvalue weighted by molar-refractivity contribution is 5.45. The topological polar surface area (TPSA) is 63.9 Å². The van der Waals surface area contributed by atoms with Crippen molar-refractivity contribution in [2.45, 2.75) is 59.5 Å². The van der Waals surface area contributed by atoms with Gasteiger partial charge in [0.1, 0.15) is 18.2 Å². The number of aliphatic hydroxyl groups excluding tert-OH is 2. The molecule has 0 fully saturated rings. The van der Waals surface area contributed by atoms with Gasteiger partial charge >= 0.3 is 0 Å². The van der Waals surface area contributed by atoms with E-state index in [1.54, 1.807) is 18.7 Å². The van der Waals surface area contributed by atoms with E-state index in [0.29, 0.717) is 12.3 Å². The summed E-state index contributed by atoms with van der Waals surface area (Å²) in [5, 5.41) is 29.6. The van der Waals surface area contributed by atoms with Gasteiger partial charge in [-0.25, -0.2) is 4.90 Å². The van der Waals surface area contributed by atoms with Gasteiger partial charge in [-0.1, -0.05) is 26.0 Å². The minimum atomic E-state index is -0.738. The van der Waals surface area contributed by atoms with Crippen molar-refractivity contribution in [3.05, 3.63) is 28.8 Å². The normalized spacial score (nSPS) is 14.7. The van der Waals surface area contributed by atoms with E-state index >= 15 is 0 Å². The Labute approximate surface area is 115 Å². The van der Waals surface area contributed by atoms with Crippen LogP contribution in [0.25, 0.3) is 0 Å². The molecule has 0 amide bonds. The zero-order chi connectivity index (χ0) is 14.6. The van der Waals surface area contributed by atoms with Gasteiger partial charge < -0.3 is 15.3 Å². The first-order valence-electron chi connectivity index (χ1n) is 6.86. The first kappa shape index (κ1) is 16.0. The molecule has 0 aliphatic heterocycles. The number of benzene rings is 1. The number of rotatable bonds is 6.